The van der Waals surface area contributed by atoms with Gasteiger partial charge in [-0.05, 0) is 92.7 Å². The minimum absolute atomic E-state index is 0.546. The Morgan fingerprint density at radius 1 is 0.273 bits per heavy atom. The number of hydrogen-bond acceptors (Lipinski definition) is 4. The van der Waals surface area contributed by atoms with Crippen LogP contribution in [0.4, 0.5) is 17.1 Å². The lowest BCUT2D eigenvalue weighted by Crippen LogP contribution is -2.10. The van der Waals surface area contributed by atoms with E-state index < -0.39 is 0 Å². The number of para-hydroxylation sites is 1. The molecule has 12 rings (SSSR count). The van der Waals surface area contributed by atoms with Gasteiger partial charge in [-0.15, -0.1) is 0 Å². The fourth-order valence-electron chi connectivity index (χ4n) is 9.12. The maximum absolute atomic E-state index is 5.29. The number of anilines is 3. The second kappa shape index (κ2) is 16.6. The highest BCUT2D eigenvalue weighted by atomic mass is 15.2. The summed E-state index contributed by atoms with van der Waals surface area (Å²) in [5.41, 5.74) is 13.9. The highest BCUT2D eigenvalue weighted by Gasteiger charge is 2.21. The minimum Gasteiger partial charge on any atom is -0.310 e. The van der Waals surface area contributed by atoms with E-state index in [1.807, 2.05) is 36.4 Å². The molecule has 5 heteroatoms. The Morgan fingerprint density at radius 3 is 1.29 bits per heavy atom. The van der Waals surface area contributed by atoms with Gasteiger partial charge < -0.3 is 4.90 Å². The van der Waals surface area contributed by atoms with Crippen LogP contribution in [0.2, 0.25) is 0 Å². The number of rotatable bonds is 9. The lowest BCUT2D eigenvalue weighted by atomic mass is 10.00. The molecule has 66 heavy (non-hydrogen) atoms. The van der Waals surface area contributed by atoms with Crippen LogP contribution >= 0.6 is 0 Å². The molecule has 2 heterocycles. The van der Waals surface area contributed by atoms with Crippen LogP contribution in [0, 0.1) is 0 Å². The van der Waals surface area contributed by atoms with E-state index in [0.29, 0.717) is 17.6 Å². The van der Waals surface area contributed by atoms with E-state index in [1.54, 1.807) is 0 Å². The third kappa shape index (κ3) is 7.25. The molecular formula is C61H41N5. The smallest absolute Gasteiger partial charge is 0.238 e. The molecule has 0 radical (unpaired) electrons. The standard InChI is InChI=1S/C61H41N5/c1-5-15-42(16-6-1)44-25-27-45(28-26-44)46-31-34-53(35-32-46)65(52-23-11-4-12-24-52)54-36-38-56-55-37-33-51(50-30-29-43-17-13-14-22-49(43)39-50)40-57(55)66(58(56)41-54)61-63-59(47-18-7-2-8-19-47)62-60(64-61)48-20-9-3-10-21-48/h1-41H. The highest BCUT2D eigenvalue weighted by molar-refractivity contribution is 6.11. The molecule has 0 aliphatic heterocycles. The molecule has 0 fully saturated rings. The number of hydrogen-bond donors (Lipinski definition) is 0. The molecule has 0 saturated heterocycles. The fourth-order valence-corrected chi connectivity index (χ4v) is 9.12. The van der Waals surface area contributed by atoms with Gasteiger partial charge in [0, 0.05) is 39.0 Å². The van der Waals surface area contributed by atoms with Gasteiger partial charge in [-0.2, -0.15) is 9.97 Å². The predicted octanol–water partition coefficient (Wildman–Crippen LogP) is 15.9. The molecule has 310 valence electrons. The van der Waals surface area contributed by atoms with E-state index in [0.717, 1.165) is 66.7 Å². The summed E-state index contributed by atoms with van der Waals surface area (Å²) in [5, 5.41) is 4.63. The molecule has 0 amide bonds. The van der Waals surface area contributed by atoms with Crippen LogP contribution in [0.5, 0.6) is 0 Å². The maximum atomic E-state index is 5.29. The first kappa shape index (κ1) is 38.7. The molecule has 5 nitrogen and oxygen atoms in total. The fraction of sp³-hybridized carbons (Fsp3) is 0. The summed E-state index contributed by atoms with van der Waals surface area (Å²) < 4.78 is 2.23. The molecule has 12 aromatic rings. The van der Waals surface area contributed by atoms with Crippen LogP contribution < -0.4 is 4.90 Å². The van der Waals surface area contributed by atoms with Crippen LogP contribution in [0.3, 0.4) is 0 Å². The number of fused-ring (bicyclic) bond motifs is 4. The molecule has 0 aliphatic carbocycles. The van der Waals surface area contributed by atoms with Crippen molar-refractivity contribution in [3.8, 4) is 62.1 Å². The second-order valence-corrected chi connectivity index (χ2v) is 16.5. The second-order valence-electron chi connectivity index (χ2n) is 16.5. The van der Waals surface area contributed by atoms with E-state index in [1.165, 1.54) is 27.5 Å². The number of nitrogens with zero attached hydrogens (tertiary/aromatic N) is 5. The minimum atomic E-state index is 0.546. The summed E-state index contributed by atoms with van der Waals surface area (Å²) in [6, 6.07) is 87.8. The molecular weight excluding hydrogens is 803 g/mol. The topological polar surface area (TPSA) is 46.8 Å². The van der Waals surface area contributed by atoms with E-state index in [9.17, 15) is 0 Å². The summed E-state index contributed by atoms with van der Waals surface area (Å²) in [5.74, 6) is 1.76. The Labute approximate surface area is 383 Å². The Kier molecular flexibility index (Phi) is 9.77. The zero-order chi connectivity index (χ0) is 43.8. The quantitative estimate of drug-likeness (QED) is 0.145. The normalized spacial score (nSPS) is 11.3. The Hall–Kier alpha value is -8.93. The zero-order valence-corrected chi connectivity index (χ0v) is 35.9. The van der Waals surface area contributed by atoms with Crippen molar-refractivity contribution >= 4 is 49.6 Å². The monoisotopic (exact) mass is 843 g/mol. The molecule has 0 atom stereocenters. The SMILES string of the molecule is c1ccc(-c2ccc(-c3ccc(N(c4ccccc4)c4ccc5c6ccc(-c7ccc8ccccc8c7)cc6n(-c6nc(-c7ccccc7)nc(-c7ccccc7)n6)c5c4)cc3)cc2)cc1. The van der Waals surface area contributed by atoms with Crippen molar-refractivity contribution in [1.82, 2.24) is 19.5 Å². The van der Waals surface area contributed by atoms with Crippen molar-refractivity contribution in [3.63, 3.8) is 0 Å². The van der Waals surface area contributed by atoms with Crippen molar-refractivity contribution in [1.29, 1.82) is 0 Å². The van der Waals surface area contributed by atoms with Crippen LogP contribution in [0.1, 0.15) is 0 Å². The van der Waals surface area contributed by atoms with Gasteiger partial charge in [0.15, 0.2) is 11.6 Å². The maximum Gasteiger partial charge on any atom is 0.238 e. The molecule has 2 aromatic heterocycles. The molecule has 0 bridgehead atoms. The summed E-state index contributed by atoms with van der Waals surface area (Å²) in [4.78, 5) is 18.0. The van der Waals surface area contributed by atoms with Crippen LogP contribution in [-0.4, -0.2) is 19.5 Å². The third-order valence-corrected chi connectivity index (χ3v) is 12.4. The molecule has 0 saturated carbocycles. The van der Waals surface area contributed by atoms with Crippen LogP contribution in [0.25, 0.3) is 94.7 Å². The summed E-state index contributed by atoms with van der Waals surface area (Å²) in [6.07, 6.45) is 0. The third-order valence-electron chi connectivity index (χ3n) is 12.4. The van der Waals surface area contributed by atoms with Crippen molar-refractivity contribution in [3.05, 3.63) is 249 Å². The largest absolute Gasteiger partial charge is 0.310 e. The van der Waals surface area contributed by atoms with E-state index in [2.05, 4.69) is 222 Å². The Morgan fingerprint density at radius 2 is 0.682 bits per heavy atom. The molecule has 0 unspecified atom stereocenters. The number of benzene rings is 10. The van der Waals surface area contributed by atoms with E-state index in [-0.39, 0.29) is 0 Å². The summed E-state index contributed by atoms with van der Waals surface area (Å²) >= 11 is 0. The van der Waals surface area contributed by atoms with Crippen molar-refractivity contribution in [2.24, 2.45) is 0 Å². The first-order chi connectivity index (χ1) is 32.7. The van der Waals surface area contributed by atoms with Gasteiger partial charge in [0.05, 0.1) is 11.0 Å². The van der Waals surface area contributed by atoms with Crippen molar-refractivity contribution in [2.45, 2.75) is 0 Å². The van der Waals surface area contributed by atoms with E-state index >= 15 is 0 Å². The van der Waals surface area contributed by atoms with Crippen LogP contribution in [0.15, 0.2) is 249 Å². The van der Waals surface area contributed by atoms with Gasteiger partial charge in [0.1, 0.15) is 0 Å². The van der Waals surface area contributed by atoms with Gasteiger partial charge in [0.25, 0.3) is 0 Å². The van der Waals surface area contributed by atoms with Crippen molar-refractivity contribution < 1.29 is 0 Å². The lowest BCUT2D eigenvalue weighted by Gasteiger charge is -2.26. The van der Waals surface area contributed by atoms with Gasteiger partial charge >= 0.3 is 0 Å². The molecule has 0 N–H and O–H groups in total. The van der Waals surface area contributed by atoms with Crippen molar-refractivity contribution in [2.75, 3.05) is 4.90 Å². The van der Waals surface area contributed by atoms with E-state index in [4.69, 9.17) is 15.0 Å². The lowest BCUT2D eigenvalue weighted by molar-refractivity contribution is 0.953. The van der Waals surface area contributed by atoms with Gasteiger partial charge in [-0.1, -0.05) is 200 Å². The first-order valence-corrected chi connectivity index (χ1v) is 22.3. The van der Waals surface area contributed by atoms with Gasteiger partial charge in [0.2, 0.25) is 5.95 Å². The predicted molar refractivity (Wildman–Crippen MR) is 274 cm³/mol. The summed E-state index contributed by atoms with van der Waals surface area (Å²) in [6.45, 7) is 0. The Balaban J connectivity index is 1.04. The highest BCUT2D eigenvalue weighted by Crippen LogP contribution is 2.41. The summed E-state index contributed by atoms with van der Waals surface area (Å²) in [7, 11) is 0. The average molecular weight is 844 g/mol. The molecule has 0 spiro atoms. The van der Waals surface area contributed by atoms with Crippen LogP contribution in [-0.2, 0) is 0 Å². The Bertz CT molecular complexity index is 3610. The van der Waals surface area contributed by atoms with Gasteiger partial charge in [-0.25, -0.2) is 4.98 Å². The first-order valence-electron chi connectivity index (χ1n) is 22.3. The zero-order valence-electron chi connectivity index (χ0n) is 35.9. The number of aromatic nitrogens is 4. The average Bonchev–Trinajstić information content (AvgIpc) is 3.73. The van der Waals surface area contributed by atoms with Gasteiger partial charge in [-0.3, -0.25) is 4.57 Å². The molecule has 0 aliphatic rings. The molecule has 10 aromatic carbocycles.